The van der Waals surface area contributed by atoms with Crippen molar-refractivity contribution in [2.45, 2.75) is 82.5 Å². The highest BCUT2D eigenvalue weighted by Crippen LogP contribution is 2.55. The molecule has 4 aromatic rings. The fourth-order valence-electron chi connectivity index (χ4n) is 7.78. The Morgan fingerprint density at radius 2 is 1.67 bits per heavy atom. The largest absolute Gasteiger partial charge is 0.361 e. The van der Waals surface area contributed by atoms with Gasteiger partial charge in [-0.15, -0.1) is 0 Å². The molecule has 4 nitrogen and oxygen atoms in total. The molecule has 0 amide bonds. The van der Waals surface area contributed by atoms with Crippen LogP contribution in [0.25, 0.3) is 16.8 Å². The van der Waals surface area contributed by atoms with Crippen LogP contribution in [-0.2, 0) is 18.3 Å². The van der Waals surface area contributed by atoms with Crippen molar-refractivity contribution in [3.8, 4) is 16.8 Å². The summed E-state index contributed by atoms with van der Waals surface area (Å²) in [5.74, 6) is 2.61. The molecule has 0 aliphatic heterocycles. The minimum absolute atomic E-state index is 0.0174. The molecule has 0 unspecified atom stereocenters. The fraction of sp³-hybridized carbons (Fsp3) is 0.438. The molecule has 184 valence electrons. The van der Waals surface area contributed by atoms with Gasteiger partial charge in [-0.2, -0.15) is 5.10 Å². The fourth-order valence-corrected chi connectivity index (χ4v) is 7.78. The van der Waals surface area contributed by atoms with Crippen molar-refractivity contribution in [3.05, 3.63) is 89.1 Å². The van der Waals surface area contributed by atoms with Crippen molar-refractivity contribution in [1.82, 2.24) is 14.9 Å². The first-order chi connectivity index (χ1) is 17.6. The van der Waals surface area contributed by atoms with E-state index in [1.807, 2.05) is 6.20 Å². The lowest BCUT2D eigenvalue weighted by Crippen LogP contribution is -2.45. The summed E-state index contributed by atoms with van der Waals surface area (Å²) in [4.78, 5) is 0. The summed E-state index contributed by atoms with van der Waals surface area (Å²) < 4.78 is 8.09. The quantitative estimate of drug-likeness (QED) is 0.303. The van der Waals surface area contributed by atoms with Crippen LogP contribution < -0.4 is 0 Å². The van der Waals surface area contributed by atoms with Gasteiger partial charge in [-0.1, -0.05) is 80.7 Å². The summed E-state index contributed by atoms with van der Waals surface area (Å²) in [7, 11) is 0. The molecule has 0 radical (unpaired) electrons. The Balaban J connectivity index is 1.38. The maximum absolute atomic E-state index is 5.75. The van der Waals surface area contributed by atoms with Crippen molar-refractivity contribution in [1.29, 1.82) is 0 Å². The van der Waals surface area contributed by atoms with Gasteiger partial charge in [0.1, 0.15) is 5.76 Å². The highest BCUT2D eigenvalue weighted by atomic mass is 16.5. The molecule has 0 bridgehead atoms. The number of benzene rings is 2. The minimum atomic E-state index is 0.0174. The highest BCUT2D eigenvalue weighted by molar-refractivity contribution is 5.64. The first-order valence-electron chi connectivity index (χ1n) is 13.8. The van der Waals surface area contributed by atoms with E-state index in [9.17, 15) is 0 Å². The lowest BCUT2D eigenvalue weighted by atomic mass is 9.56. The molecule has 0 spiro atoms. The standard InChI is InChI=1S/C32H35N3O/c1-21-28-18-17-27-29(24-11-7-4-8-12-24)34-35(31(27)32(28,2)19-25-20-33-36-30(21)25)26-15-13-23(14-16-26)22-9-5-3-6-10-22/h3,5-6,9-10,13-16,20-21,24,28H,4,7-8,11-12,17-19H2,1-2H3/t21-,28-,32-/m1/s1. The van der Waals surface area contributed by atoms with Gasteiger partial charge >= 0.3 is 0 Å². The number of fused-ring (bicyclic) bond motifs is 4. The second-order valence-corrected chi connectivity index (χ2v) is 11.6. The molecule has 3 aliphatic rings. The Morgan fingerprint density at radius 3 is 2.44 bits per heavy atom. The van der Waals surface area contributed by atoms with Crippen molar-refractivity contribution >= 4 is 0 Å². The van der Waals surface area contributed by atoms with E-state index < -0.39 is 0 Å². The van der Waals surface area contributed by atoms with Crippen LogP contribution in [0.1, 0.15) is 92.5 Å². The average Bonchev–Trinajstić information content (AvgIpc) is 3.55. The summed E-state index contributed by atoms with van der Waals surface area (Å²) in [6.45, 7) is 4.83. The summed E-state index contributed by atoms with van der Waals surface area (Å²) in [6.07, 6.45) is 11.8. The third-order valence-electron chi connectivity index (χ3n) is 9.54. The van der Waals surface area contributed by atoms with E-state index in [-0.39, 0.29) is 5.41 Å². The van der Waals surface area contributed by atoms with E-state index in [2.05, 4.69) is 78.3 Å². The highest BCUT2D eigenvalue weighted by Gasteiger charge is 2.51. The van der Waals surface area contributed by atoms with E-state index in [1.54, 1.807) is 5.56 Å². The summed E-state index contributed by atoms with van der Waals surface area (Å²) in [5, 5.41) is 9.67. The predicted molar refractivity (Wildman–Crippen MR) is 143 cm³/mol. The Kier molecular flexibility index (Phi) is 5.20. The zero-order chi connectivity index (χ0) is 24.3. The molecule has 36 heavy (non-hydrogen) atoms. The van der Waals surface area contributed by atoms with Gasteiger partial charge in [0.15, 0.2) is 0 Å². The van der Waals surface area contributed by atoms with E-state index in [0.717, 1.165) is 18.6 Å². The zero-order valence-corrected chi connectivity index (χ0v) is 21.4. The van der Waals surface area contributed by atoms with Crippen LogP contribution in [0.5, 0.6) is 0 Å². The van der Waals surface area contributed by atoms with Gasteiger partial charge in [-0.3, -0.25) is 0 Å². The van der Waals surface area contributed by atoms with Crippen LogP contribution >= 0.6 is 0 Å². The van der Waals surface area contributed by atoms with Crippen molar-refractivity contribution in [2.75, 3.05) is 0 Å². The van der Waals surface area contributed by atoms with Crippen LogP contribution in [0.15, 0.2) is 65.3 Å². The first-order valence-corrected chi connectivity index (χ1v) is 13.8. The summed E-state index contributed by atoms with van der Waals surface area (Å²) in [5.41, 5.74) is 9.36. The van der Waals surface area contributed by atoms with E-state index in [1.165, 1.54) is 72.3 Å². The van der Waals surface area contributed by atoms with Gasteiger partial charge in [0.05, 0.1) is 23.3 Å². The third kappa shape index (κ3) is 3.33. The van der Waals surface area contributed by atoms with Crippen LogP contribution in [0.3, 0.4) is 0 Å². The minimum Gasteiger partial charge on any atom is -0.361 e. The average molecular weight is 478 g/mol. The van der Waals surface area contributed by atoms with Gasteiger partial charge in [0.25, 0.3) is 0 Å². The zero-order valence-electron chi connectivity index (χ0n) is 21.4. The maximum Gasteiger partial charge on any atom is 0.143 e. The van der Waals surface area contributed by atoms with Crippen LogP contribution in [0, 0.1) is 5.92 Å². The number of aromatic nitrogens is 3. The van der Waals surface area contributed by atoms with Crippen molar-refractivity contribution in [2.24, 2.45) is 5.92 Å². The molecule has 3 atom stereocenters. The molecule has 7 rings (SSSR count). The first kappa shape index (κ1) is 22.1. The van der Waals surface area contributed by atoms with Gasteiger partial charge in [-0.25, -0.2) is 4.68 Å². The van der Waals surface area contributed by atoms with E-state index >= 15 is 0 Å². The molecule has 3 aliphatic carbocycles. The molecular weight excluding hydrogens is 442 g/mol. The third-order valence-corrected chi connectivity index (χ3v) is 9.54. The predicted octanol–water partition coefficient (Wildman–Crippen LogP) is 7.75. The van der Waals surface area contributed by atoms with Crippen LogP contribution in [0.4, 0.5) is 0 Å². The van der Waals surface area contributed by atoms with Crippen molar-refractivity contribution < 1.29 is 4.52 Å². The Bertz CT molecular complexity index is 1380. The molecule has 2 aromatic carbocycles. The lowest BCUT2D eigenvalue weighted by molar-refractivity contribution is 0.169. The van der Waals surface area contributed by atoms with Crippen LogP contribution in [-0.4, -0.2) is 14.9 Å². The smallest absolute Gasteiger partial charge is 0.143 e. The van der Waals surface area contributed by atoms with Gasteiger partial charge < -0.3 is 4.52 Å². The number of hydrogen-bond acceptors (Lipinski definition) is 3. The monoisotopic (exact) mass is 477 g/mol. The van der Waals surface area contributed by atoms with Crippen molar-refractivity contribution in [3.63, 3.8) is 0 Å². The Labute approximate surface area is 213 Å². The Hall–Kier alpha value is -3.14. The topological polar surface area (TPSA) is 43.9 Å². The maximum atomic E-state index is 5.75. The molecule has 1 fully saturated rings. The van der Waals surface area contributed by atoms with E-state index in [0.29, 0.717) is 17.8 Å². The second-order valence-electron chi connectivity index (χ2n) is 11.6. The molecule has 2 aromatic heterocycles. The van der Waals surface area contributed by atoms with Gasteiger partial charge in [0, 0.05) is 22.8 Å². The number of rotatable bonds is 3. The normalized spacial score (nSPS) is 25.7. The molecular formula is C32H35N3O. The molecule has 0 N–H and O–H groups in total. The van der Waals surface area contributed by atoms with Crippen LogP contribution in [0.2, 0.25) is 0 Å². The van der Waals surface area contributed by atoms with Gasteiger partial charge in [-0.05, 0) is 66.8 Å². The number of nitrogens with zero attached hydrogens (tertiary/aromatic N) is 3. The molecule has 1 saturated carbocycles. The lowest BCUT2D eigenvalue weighted by Gasteiger charge is -2.47. The molecule has 2 heterocycles. The number of hydrogen-bond donors (Lipinski definition) is 0. The molecule has 0 saturated heterocycles. The SMILES string of the molecule is C[C@H]1c2oncc2C[C@@]2(C)c3c(c(C4CCCCC4)nn3-c3ccc(-c4ccccc4)cc3)CC[C@H]12. The van der Waals surface area contributed by atoms with E-state index in [4.69, 9.17) is 9.62 Å². The molecule has 4 heteroatoms. The van der Waals surface area contributed by atoms with Gasteiger partial charge in [0.2, 0.25) is 0 Å². The second kappa shape index (κ2) is 8.47. The summed E-state index contributed by atoms with van der Waals surface area (Å²) in [6, 6.07) is 19.7. The summed E-state index contributed by atoms with van der Waals surface area (Å²) >= 11 is 0. The Morgan fingerprint density at radius 1 is 0.917 bits per heavy atom.